The molecule has 1 fully saturated rings. The van der Waals surface area contributed by atoms with Crippen molar-refractivity contribution in [1.29, 1.82) is 0 Å². The maximum Gasteiger partial charge on any atom is 0.273 e. The van der Waals surface area contributed by atoms with Crippen LogP contribution in [0.15, 0.2) is 59.3 Å². The van der Waals surface area contributed by atoms with Crippen molar-refractivity contribution in [2.45, 2.75) is 23.8 Å². The summed E-state index contributed by atoms with van der Waals surface area (Å²) in [6.45, 7) is 1.64. The molecule has 162 valence electrons. The number of carbonyl (C=O) groups excluding carboxylic acids is 1. The van der Waals surface area contributed by atoms with Gasteiger partial charge in [-0.25, -0.2) is 4.98 Å². The number of pyridine rings is 1. The number of carbonyl (C=O) groups is 1. The number of thiazole rings is 1. The Bertz CT molecular complexity index is 1240. The molecule has 1 aromatic carbocycles. The quantitative estimate of drug-likeness (QED) is 0.361. The third-order valence-electron chi connectivity index (χ3n) is 5.11. The van der Waals surface area contributed by atoms with Crippen LogP contribution in [-0.2, 0) is 5.75 Å². The average Bonchev–Trinajstić information content (AvgIpc) is 3.59. The number of likely N-dealkylation sites (tertiary alicyclic amines) is 1. The fraction of sp³-hybridized carbons (Fsp3) is 0.227. The predicted octanol–water partition coefficient (Wildman–Crippen LogP) is 4.97. The second-order valence-electron chi connectivity index (χ2n) is 7.28. The van der Waals surface area contributed by atoms with E-state index in [-0.39, 0.29) is 5.91 Å². The van der Waals surface area contributed by atoms with E-state index >= 15 is 0 Å². The fourth-order valence-corrected chi connectivity index (χ4v) is 5.50. The number of rotatable bonds is 6. The SMILES string of the molecule is O=C(c1csc(CSc2nnc(-c3cccnc3)n2-c2cccc(Cl)c2)n1)N1CCCC1. The zero-order chi connectivity index (χ0) is 21.9. The molecule has 1 saturated heterocycles. The van der Waals surface area contributed by atoms with Crippen molar-refractivity contribution in [3.05, 3.63) is 69.9 Å². The molecule has 0 bridgehead atoms. The summed E-state index contributed by atoms with van der Waals surface area (Å²) >= 11 is 9.27. The van der Waals surface area contributed by atoms with Gasteiger partial charge in [0, 0.05) is 41.4 Å². The molecule has 1 aliphatic heterocycles. The zero-order valence-corrected chi connectivity index (χ0v) is 19.4. The normalized spacial score (nSPS) is 13.6. The molecular formula is C22H19ClN6OS2. The maximum atomic E-state index is 12.6. The molecule has 0 atom stereocenters. The first-order chi connectivity index (χ1) is 15.7. The molecule has 0 unspecified atom stereocenters. The first kappa shape index (κ1) is 21.1. The minimum absolute atomic E-state index is 0.0240. The predicted molar refractivity (Wildman–Crippen MR) is 126 cm³/mol. The van der Waals surface area contributed by atoms with Gasteiger partial charge in [0.25, 0.3) is 5.91 Å². The molecule has 0 saturated carbocycles. The van der Waals surface area contributed by atoms with Gasteiger partial charge in [0.2, 0.25) is 0 Å². The minimum Gasteiger partial charge on any atom is -0.337 e. The molecule has 4 heterocycles. The number of aromatic nitrogens is 5. The van der Waals surface area contributed by atoms with Gasteiger partial charge in [-0.2, -0.15) is 0 Å². The van der Waals surface area contributed by atoms with Crippen LogP contribution >= 0.6 is 34.7 Å². The van der Waals surface area contributed by atoms with Crippen molar-refractivity contribution < 1.29 is 4.79 Å². The molecule has 0 aliphatic carbocycles. The highest BCUT2D eigenvalue weighted by Gasteiger charge is 2.22. The van der Waals surface area contributed by atoms with Crippen molar-refractivity contribution in [3.63, 3.8) is 0 Å². The van der Waals surface area contributed by atoms with Crippen LogP contribution in [0.1, 0.15) is 28.3 Å². The van der Waals surface area contributed by atoms with E-state index in [1.807, 2.05) is 51.2 Å². The zero-order valence-electron chi connectivity index (χ0n) is 17.0. The lowest BCUT2D eigenvalue weighted by Crippen LogP contribution is -2.27. The molecule has 10 heteroatoms. The maximum absolute atomic E-state index is 12.6. The van der Waals surface area contributed by atoms with Gasteiger partial charge in [-0.15, -0.1) is 21.5 Å². The van der Waals surface area contributed by atoms with Crippen LogP contribution in [0.2, 0.25) is 5.02 Å². The van der Waals surface area contributed by atoms with Crippen molar-refractivity contribution in [3.8, 4) is 17.1 Å². The Morgan fingerprint density at radius 3 is 2.81 bits per heavy atom. The lowest BCUT2D eigenvalue weighted by atomic mass is 10.2. The number of hydrogen-bond acceptors (Lipinski definition) is 7. The van der Waals surface area contributed by atoms with E-state index in [4.69, 9.17) is 11.6 Å². The Hall–Kier alpha value is -2.75. The molecule has 3 aromatic heterocycles. The van der Waals surface area contributed by atoms with Crippen LogP contribution in [-0.4, -0.2) is 48.6 Å². The largest absolute Gasteiger partial charge is 0.337 e. The summed E-state index contributed by atoms with van der Waals surface area (Å²) in [5, 5.41) is 12.9. The van der Waals surface area contributed by atoms with Gasteiger partial charge in [0.05, 0.1) is 11.4 Å². The van der Waals surface area contributed by atoms with E-state index in [9.17, 15) is 4.79 Å². The summed E-state index contributed by atoms with van der Waals surface area (Å²) in [5.41, 5.74) is 2.26. The van der Waals surface area contributed by atoms with Crippen LogP contribution < -0.4 is 0 Å². The standard InChI is InChI=1S/C22H19ClN6OS2/c23-16-6-3-7-17(11-16)29-20(15-5-4-8-24-12-15)26-27-22(29)32-14-19-25-18(13-31-19)21(30)28-9-1-2-10-28/h3-8,11-13H,1-2,9-10,14H2. The Kier molecular flexibility index (Phi) is 6.20. The fourth-order valence-electron chi connectivity index (χ4n) is 3.58. The molecule has 0 spiro atoms. The Morgan fingerprint density at radius 1 is 1.16 bits per heavy atom. The second kappa shape index (κ2) is 9.40. The topological polar surface area (TPSA) is 76.8 Å². The van der Waals surface area contributed by atoms with Crippen LogP contribution in [0.25, 0.3) is 17.1 Å². The Morgan fingerprint density at radius 2 is 2.03 bits per heavy atom. The molecular weight excluding hydrogens is 464 g/mol. The molecule has 4 aromatic rings. The van der Waals surface area contributed by atoms with Gasteiger partial charge in [-0.1, -0.05) is 29.4 Å². The van der Waals surface area contributed by atoms with Crippen molar-refractivity contribution in [2.24, 2.45) is 0 Å². The molecule has 1 aliphatic rings. The van der Waals surface area contributed by atoms with Gasteiger partial charge in [0.15, 0.2) is 11.0 Å². The lowest BCUT2D eigenvalue weighted by Gasteiger charge is -2.12. The summed E-state index contributed by atoms with van der Waals surface area (Å²) in [7, 11) is 0. The van der Waals surface area contributed by atoms with E-state index in [0.717, 1.165) is 42.2 Å². The molecule has 0 radical (unpaired) electrons. The summed E-state index contributed by atoms with van der Waals surface area (Å²) in [6, 6.07) is 11.4. The van der Waals surface area contributed by atoms with Gasteiger partial charge >= 0.3 is 0 Å². The Balaban J connectivity index is 1.41. The van der Waals surface area contributed by atoms with Gasteiger partial charge in [0.1, 0.15) is 10.7 Å². The monoisotopic (exact) mass is 482 g/mol. The Labute approximate surface area is 198 Å². The molecule has 5 rings (SSSR count). The molecule has 7 nitrogen and oxygen atoms in total. The second-order valence-corrected chi connectivity index (χ2v) is 9.60. The number of halogens is 1. The van der Waals surface area contributed by atoms with Crippen molar-refractivity contribution in [1.82, 2.24) is 29.6 Å². The number of amides is 1. The van der Waals surface area contributed by atoms with E-state index in [0.29, 0.717) is 27.5 Å². The number of nitrogens with zero attached hydrogens (tertiary/aromatic N) is 6. The van der Waals surface area contributed by atoms with Crippen LogP contribution in [0.5, 0.6) is 0 Å². The average molecular weight is 483 g/mol. The molecule has 0 N–H and O–H groups in total. The number of hydrogen-bond donors (Lipinski definition) is 0. The highest BCUT2D eigenvalue weighted by atomic mass is 35.5. The first-order valence-corrected chi connectivity index (χ1v) is 12.4. The van der Waals surface area contributed by atoms with Gasteiger partial charge < -0.3 is 4.90 Å². The minimum atomic E-state index is 0.0240. The lowest BCUT2D eigenvalue weighted by molar-refractivity contribution is 0.0787. The number of thioether (sulfide) groups is 1. The first-order valence-electron chi connectivity index (χ1n) is 10.2. The smallest absolute Gasteiger partial charge is 0.273 e. The van der Waals surface area contributed by atoms with Gasteiger partial charge in [-0.3, -0.25) is 14.3 Å². The molecule has 32 heavy (non-hydrogen) atoms. The van der Waals surface area contributed by atoms with Crippen molar-refractivity contribution >= 4 is 40.6 Å². The highest BCUT2D eigenvalue weighted by molar-refractivity contribution is 7.98. The summed E-state index contributed by atoms with van der Waals surface area (Å²) in [4.78, 5) is 23.2. The van der Waals surface area contributed by atoms with E-state index in [1.165, 1.54) is 23.1 Å². The third-order valence-corrected chi connectivity index (χ3v) is 7.32. The third kappa shape index (κ3) is 4.41. The molecule has 1 amide bonds. The van der Waals surface area contributed by atoms with Crippen LogP contribution in [0.3, 0.4) is 0 Å². The van der Waals surface area contributed by atoms with Gasteiger partial charge in [-0.05, 0) is 43.2 Å². The summed E-state index contributed by atoms with van der Waals surface area (Å²) in [5.74, 6) is 1.30. The van der Waals surface area contributed by atoms with E-state index < -0.39 is 0 Å². The van der Waals surface area contributed by atoms with Crippen LogP contribution in [0, 0.1) is 0 Å². The number of benzene rings is 1. The van der Waals surface area contributed by atoms with Crippen molar-refractivity contribution in [2.75, 3.05) is 13.1 Å². The highest BCUT2D eigenvalue weighted by Crippen LogP contribution is 2.31. The van der Waals surface area contributed by atoms with Crippen LogP contribution in [0.4, 0.5) is 0 Å². The van der Waals surface area contributed by atoms with E-state index in [1.54, 1.807) is 12.4 Å². The van der Waals surface area contributed by atoms with E-state index in [2.05, 4.69) is 20.2 Å². The summed E-state index contributed by atoms with van der Waals surface area (Å²) < 4.78 is 1.97. The summed E-state index contributed by atoms with van der Waals surface area (Å²) in [6.07, 6.45) is 5.62.